The summed E-state index contributed by atoms with van der Waals surface area (Å²) in [4.78, 5) is 14.2. The Balaban J connectivity index is 3.06. The molecular formula is C10H13NO2. The molecule has 0 bridgehead atoms. The van der Waals surface area contributed by atoms with Gasteiger partial charge in [-0.15, -0.1) is 0 Å². The molecule has 1 aromatic rings. The number of hydrogen-bond acceptors (Lipinski definition) is 3. The van der Waals surface area contributed by atoms with Gasteiger partial charge in [-0.3, -0.25) is 4.98 Å². The summed E-state index contributed by atoms with van der Waals surface area (Å²) in [6, 6.07) is 1.81. The summed E-state index contributed by atoms with van der Waals surface area (Å²) < 4.78 is 0. The topological polar surface area (TPSA) is 50.2 Å². The molecule has 0 aliphatic carbocycles. The lowest BCUT2D eigenvalue weighted by molar-refractivity contribution is -0.112. The molecule has 0 fully saturated rings. The van der Waals surface area contributed by atoms with Gasteiger partial charge in [-0.1, -0.05) is 0 Å². The molecule has 0 aromatic carbocycles. The molecule has 0 saturated carbocycles. The molecule has 0 aliphatic rings. The Hall–Kier alpha value is -1.22. The standard InChI is InChI=1S/C10H13NO2/c1-8-3-5-11-7-9(8)10(2,13)4-6-12/h3,5-7,13H,4H2,1-2H3. The van der Waals surface area contributed by atoms with Gasteiger partial charge in [0, 0.05) is 24.4 Å². The van der Waals surface area contributed by atoms with E-state index in [-0.39, 0.29) is 6.42 Å². The first-order valence-corrected chi connectivity index (χ1v) is 4.15. The van der Waals surface area contributed by atoms with E-state index in [4.69, 9.17) is 0 Å². The number of pyridine rings is 1. The van der Waals surface area contributed by atoms with Crippen molar-refractivity contribution in [2.75, 3.05) is 0 Å². The molecule has 0 aliphatic heterocycles. The predicted molar refractivity (Wildman–Crippen MR) is 49.2 cm³/mol. The third-order valence-corrected chi connectivity index (χ3v) is 2.10. The molecule has 0 amide bonds. The van der Waals surface area contributed by atoms with E-state index in [1.54, 1.807) is 19.3 Å². The Bertz CT molecular complexity index is 308. The predicted octanol–water partition coefficient (Wildman–Crippen LogP) is 1.19. The number of aliphatic hydroxyl groups is 1. The summed E-state index contributed by atoms with van der Waals surface area (Å²) in [5.74, 6) is 0. The first-order valence-electron chi connectivity index (χ1n) is 4.15. The van der Waals surface area contributed by atoms with Gasteiger partial charge in [-0.05, 0) is 25.5 Å². The van der Waals surface area contributed by atoms with Gasteiger partial charge in [0.1, 0.15) is 6.29 Å². The van der Waals surface area contributed by atoms with Crippen LogP contribution in [0.5, 0.6) is 0 Å². The third-order valence-electron chi connectivity index (χ3n) is 2.10. The van der Waals surface area contributed by atoms with Crippen LogP contribution in [0, 0.1) is 6.92 Å². The van der Waals surface area contributed by atoms with Gasteiger partial charge in [0.15, 0.2) is 0 Å². The first kappa shape index (κ1) is 9.86. The molecule has 1 N–H and O–H groups in total. The highest BCUT2D eigenvalue weighted by Gasteiger charge is 2.24. The van der Waals surface area contributed by atoms with E-state index in [1.165, 1.54) is 0 Å². The van der Waals surface area contributed by atoms with Gasteiger partial charge in [-0.2, -0.15) is 0 Å². The minimum atomic E-state index is -1.10. The van der Waals surface area contributed by atoms with Crippen LogP contribution in [0.15, 0.2) is 18.5 Å². The average Bonchev–Trinajstić information content (AvgIpc) is 2.04. The number of aryl methyl sites for hydroxylation is 1. The highest BCUT2D eigenvalue weighted by molar-refractivity contribution is 5.52. The maximum Gasteiger partial charge on any atom is 0.123 e. The summed E-state index contributed by atoms with van der Waals surface area (Å²) in [6.45, 7) is 3.50. The summed E-state index contributed by atoms with van der Waals surface area (Å²) in [5, 5.41) is 9.90. The van der Waals surface area contributed by atoms with Crippen molar-refractivity contribution in [1.82, 2.24) is 4.98 Å². The van der Waals surface area contributed by atoms with Crippen molar-refractivity contribution in [3.8, 4) is 0 Å². The molecule has 0 spiro atoms. The fourth-order valence-electron chi connectivity index (χ4n) is 1.30. The van der Waals surface area contributed by atoms with E-state index in [9.17, 15) is 9.90 Å². The summed E-state index contributed by atoms with van der Waals surface area (Å²) in [5.41, 5.74) is 0.559. The quantitative estimate of drug-likeness (QED) is 0.709. The zero-order chi connectivity index (χ0) is 9.90. The molecule has 13 heavy (non-hydrogen) atoms. The molecule has 1 unspecified atom stereocenters. The van der Waals surface area contributed by atoms with E-state index in [2.05, 4.69) is 4.98 Å². The van der Waals surface area contributed by atoms with E-state index >= 15 is 0 Å². The van der Waals surface area contributed by atoms with Gasteiger partial charge >= 0.3 is 0 Å². The maximum absolute atomic E-state index is 10.3. The maximum atomic E-state index is 10.3. The van der Waals surface area contributed by atoms with E-state index in [1.807, 2.05) is 13.0 Å². The van der Waals surface area contributed by atoms with Gasteiger partial charge < -0.3 is 9.90 Å². The van der Waals surface area contributed by atoms with Crippen LogP contribution in [0.2, 0.25) is 0 Å². The molecule has 1 aromatic heterocycles. The number of aldehydes is 1. The van der Waals surface area contributed by atoms with Crippen LogP contribution in [0.3, 0.4) is 0 Å². The second-order valence-corrected chi connectivity index (χ2v) is 3.34. The zero-order valence-electron chi connectivity index (χ0n) is 7.82. The zero-order valence-corrected chi connectivity index (χ0v) is 7.82. The van der Waals surface area contributed by atoms with E-state index in [0.717, 1.165) is 5.56 Å². The number of hydrogen-bond donors (Lipinski definition) is 1. The Morgan fingerprint density at radius 3 is 2.92 bits per heavy atom. The highest BCUT2D eigenvalue weighted by Crippen LogP contribution is 2.25. The van der Waals surface area contributed by atoms with Crippen molar-refractivity contribution in [3.63, 3.8) is 0 Å². The lowest BCUT2D eigenvalue weighted by Crippen LogP contribution is -2.23. The molecular weight excluding hydrogens is 166 g/mol. The molecule has 70 valence electrons. The lowest BCUT2D eigenvalue weighted by atomic mass is 9.91. The molecule has 0 saturated heterocycles. The van der Waals surface area contributed by atoms with Gasteiger partial charge in [0.2, 0.25) is 0 Å². The smallest absolute Gasteiger partial charge is 0.123 e. The van der Waals surface area contributed by atoms with Crippen molar-refractivity contribution in [1.29, 1.82) is 0 Å². The second-order valence-electron chi connectivity index (χ2n) is 3.34. The first-order chi connectivity index (χ1) is 6.08. The Kier molecular flexibility index (Phi) is 2.78. The SMILES string of the molecule is Cc1ccncc1C(C)(O)CC=O. The number of carbonyl (C=O) groups is 1. The van der Waals surface area contributed by atoms with Gasteiger partial charge in [0.05, 0.1) is 5.60 Å². The van der Waals surface area contributed by atoms with Crippen LogP contribution in [0.1, 0.15) is 24.5 Å². The summed E-state index contributed by atoms with van der Waals surface area (Å²) in [7, 11) is 0. The van der Waals surface area contributed by atoms with Crippen molar-refractivity contribution < 1.29 is 9.90 Å². The highest BCUT2D eigenvalue weighted by atomic mass is 16.3. The molecule has 1 heterocycles. The normalized spacial score (nSPS) is 15.0. The Morgan fingerprint density at radius 1 is 1.69 bits per heavy atom. The molecule has 3 nitrogen and oxygen atoms in total. The van der Waals surface area contributed by atoms with Crippen molar-refractivity contribution in [2.24, 2.45) is 0 Å². The van der Waals surface area contributed by atoms with Crippen LogP contribution in [0.25, 0.3) is 0 Å². The minimum Gasteiger partial charge on any atom is -0.385 e. The Labute approximate surface area is 77.4 Å². The second kappa shape index (κ2) is 3.66. The van der Waals surface area contributed by atoms with Crippen molar-refractivity contribution in [3.05, 3.63) is 29.6 Å². The number of aromatic nitrogens is 1. The molecule has 0 radical (unpaired) electrons. The number of rotatable bonds is 3. The van der Waals surface area contributed by atoms with Crippen LogP contribution in [-0.4, -0.2) is 16.4 Å². The monoisotopic (exact) mass is 179 g/mol. The summed E-state index contributed by atoms with van der Waals surface area (Å²) >= 11 is 0. The molecule has 1 atom stereocenters. The van der Waals surface area contributed by atoms with Crippen LogP contribution < -0.4 is 0 Å². The number of nitrogens with zero attached hydrogens (tertiary/aromatic N) is 1. The van der Waals surface area contributed by atoms with Crippen LogP contribution in [-0.2, 0) is 10.4 Å². The van der Waals surface area contributed by atoms with E-state index < -0.39 is 5.60 Å². The van der Waals surface area contributed by atoms with Crippen molar-refractivity contribution >= 4 is 6.29 Å². The average molecular weight is 179 g/mol. The summed E-state index contributed by atoms with van der Waals surface area (Å²) in [6.07, 6.45) is 4.07. The fraction of sp³-hybridized carbons (Fsp3) is 0.400. The fourth-order valence-corrected chi connectivity index (χ4v) is 1.30. The van der Waals surface area contributed by atoms with Gasteiger partial charge in [-0.25, -0.2) is 0 Å². The van der Waals surface area contributed by atoms with E-state index in [0.29, 0.717) is 11.8 Å². The van der Waals surface area contributed by atoms with Gasteiger partial charge in [0.25, 0.3) is 0 Å². The largest absolute Gasteiger partial charge is 0.385 e. The van der Waals surface area contributed by atoms with Crippen LogP contribution >= 0.6 is 0 Å². The lowest BCUT2D eigenvalue weighted by Gasteiger charge is -2.22. The van der Waals surface area contributed by atoms with Crippen molar-refractivity contribution in [2.45, 2.75) is 25.9 Å². The Morgan fingerprint density at radius 2 is 2.38 bits per heavy atom. The third kappa shape index (κ3) is 2.12. The number of carbonyl (C=O) groups excluding carboxylic acids is 1. The molecule has 1 rings (SSSR count). The van der Waals surface area contributed by atoms with Crippen LogP contribution in [0.4, 0.5) is 0 Å². The molecule has 3 heteroatoms. The minimum absolute atomic E-state index is 0.0968.